The number of nitrogens with one attached hydrogen (secondary N) is 1. The zero-order valence-corrected chi connectivity index (χ0v) is 8.38. The maximum absolute atomic E-state index is 6.21. The van der Waals surface area contributed by atoms with E-state index in [9.17, 15) is 0 Å². The van der Waals surface area contributed by atoms with Gasteiger partial charge < -0.3 is 10.1 Å². The molecular formula is C11H19NO. The van der Waals surface area contributed by atoms with E-state index < -0.39 is 0 Å². The molecule has 2 saturated carbocycles. The highest BCUT2D eigenvalue weighted by Crippen LogP contribution is 2.56. The van der Waals surface area contributed by atoms with Crippen molar-refractivity contribution in [2.24, 2.45) is 11.8 Å². The van der Waals surface area contributed by atoms with Gasteiger partial charge in [0.15, 0.2) is 0 Å². The van der Waals surface area contributed by atoms with E-state index in [0.717, 1.165) is 24.9 Å². The van der Waals surface area contributed by atoms with Crippen LogP contribution in [0.15, 0.2) is 0 Å². The normalized spacial score (nSPS) is 54.7. The lowest BCUT2D eigenvalue weighted by molar-refractivity contribution is -0.136. The van der Waals surface area contributed by atoms with E-state index >= 15 is 0 Å². The van der Waals surface area contributed by atoms with Crippen LogP contribution in [-0.2, 0) is 4.74 Å². The largest absolute Gasteiger partial charge is 0.369 e. The van der Waals surface area contributed by atoms with E-state index in [1.807, 2.05) is 0 Å². The van der Waals surface area contributed by atoms with Crippen LogP contribution in [-0.4, -0.2) is 24.8 Å². The number of ether oxygens (including phenoxy) is 1. The van der Waals surface area contributed by atoms with Gasteiger partial charge in [0.25, 0.3) is 0 Å². The second kappa shape index (κ2) is 2.71. The van der Waals surface area contributed by atoms with Gasteiger partial charge in [0.1, 0.15) is 0 Å². The summed E-state index contributed by atoms with van der Waals surface area (Å²) < 4.78 is 6.21. The van der Waals surface area contributed by atoms with Crippen LogP contribution < -0.4 is 5.32 Å². The van der Waals surface area contributed by atoms with Crippen molar-refractivity contribution in [2.75, 3.05) is 13.1 Å². The average molecular weight is 181 g/mol. The molecule has 4 atom stereocenters. The van der Waals surface area contributed by atoms with E-state index in [1.54, 1.807) is 0 Å². The number of morpholine rings is 1. The quantitative estimate of drug-likeness (QED) is 0.612. The van der Waals surface area contributed by atoms with Gasteiger partial charge in [-0.3, -0.25) is 0 Å². The highest BCUT2D eigenvalue weighted by molar-refractivity contribution is 5.08. The van der Waals surface area contributed by atoms with E-state index in [1.165, 1.54) is 25.7 Å². The first-order valence-corrected chi connectivity index (χ1v) is 5.69. The van der Waals surface area contributed by atoms with Gasteiger partial charge in [0, 0.05) is 13.1 Å². The first-order valence-electron chi connectivity index (χ1n) is 5.69. The van der Waals surface area contributed by atoms with Gasteiger partial charge in [-0.2, -0.15) is 0 Å². The van der Waals surface area contributed by atoms with Gasteiger partial charge in [0.2, 0.25) is 0 Å². The summed E-state index contributed by atoms with van der Waals surface area (Å²) in [6.45, 7) is 4.34. The van der Waals surface area contributed by atoms with Crippen molar-refractivity contribution < 1.29 is 4.74 Å². The number of hydrogen-bond donors (Lipinski definition) is 1. The summed E-state index contributed by atoms with van der Waals surface area (Å²) in [5.41, 5.74) is 0.251. The van der Waals surface area contributed by atoms with Crippen LogP contribution in [0.1, 0.15) is 32.6 Å². The fourth-order valence-electron chi connectivity index (χ4n) is 3.40. The highest BCUT2D eigenvalue weighted by atomic mass is 16.5. The molecule has 2 heteroatoms. The molecule has 3 aliphatic rings. The number of rotatable bonds is 0. The summed E-state index contributed by atoms with van der Waals surface area (Å²) in [4.78, 5) is 0. The lowest BCUT2D eigenvalue weighted by Crippen LogP contribution is -2.55. The summed E-state index contributed by atoms with van der Waals surface area (Å²) in [7, 11) is 0. The van der Waals surface area contributed by atoms with Crippen molar-refractivity contribution in [3.05, 3.63) is 0 Å². The SMILES string of the molecule is CC1CNCC2(CCCC3CC32)O1. The van der Waals surface area contributed by atoms with Crippen molar-refractivity contribution in [3.8, 4) is 0 Å². The topological polar surface area (TPSA) is 21.3 Å². The van der Waals surface area contributed by atoms with Crippen LogP contribution in [0.4, 0.5) is 0 Å². The fraction of sp³-hybridized carbons (Fsp3) is 1.00. The zero-order chi connectivity index (χ0) is 8.89. The molecule has 3 rings (SSSR count). The first kappa shape index (κ1) is 8.25. The first-order chi connectivity index (χ1) is 6.30. The Hall–Kier alpha value is -0.0800. The second-order valence-electron chi connectivity index (χ2n) is 5.12. The summed E-state index contributed by atoms with van der Waals surface area (Å²) in [6.07, 6.45) is 6.01. The van der Waals surface area contributed by atoms with Gasteiger partial charge in [-0.05, 0) is 38.0 Å². The zero-order valence-electron chi connectivity index (χ0n) is 8.38. The maximum atomic E-state index is 6.21. The van der Waals surface area contributed by atoms with Crippen LogP contribution in [0.5, 0.6) is 0 Å². The molecular weight excluding hydrogens is 162 g/mol. The van der Waals surface area contributed by atoms with Crippen molar-refractivity contribution >= 4 is 0 Å². The third-order valence-electron chi connectivity index (χ3n) is 4.07. The molecule has 0 aromatic rings. The summed E-state index contributed by atoms with van der Waals surface area (Å²) >= 11 is 0. The molecule has 0 bridgehead atoms. The second-order valence-corrected chi connectivity index (χ2v) is 5.12. The Bertz CT molecular complexity index is 214. The van der Waals surface area contributed by atoms with Crippen molar-refractivity contribution in [1.29, 1.82) is 0 Å². The van der Waals surface area contributed by atoms with Crippen molar-refractivity contribution in [1.82, 2.24) is 5.32 Å². The predicted octanol–water partition coefficient (Wildman–Crippen LogP) is 1.55. The highest BCUT2D eigenvalue weighted by Gasteiger charge is 2.56. The molecule has 1 heterocycles. The molecule has 3 fully saturated rings. The van der Waals surface area contributed by atoms with E-state index in [2.05, 4.69) is 12.2 Å². The molecule has 0 amide bonds. The minimum absolute atomic E-state index is 0.251. The molecule has 1 spiro atoms. The molecule has 0 aromatic heterocycles. The molecule has 4 unspecified atom stereocenters. The summed E-state index contributed by atoms with van der Waals surface area (Å²) in [5, 5.41) is 3.53. The van der Waals surface area contributed by atoms with Crippen LogP contribution >= 0.6 is 0 Å². The van der Waals surface area contributed by atoms with Gasteiger partial charge >= 0.3 is 0 Å². The monoisotopic (exact) mass is 181 g/mol. The molecule has 2 aliphatic carbocycles. The van der Waals surface area contributed by atoms with Crippen molar-refractivity contribution in [3.63, 3.8) is 0 Å². The fourth-order valence-corrected chi connectivity index (χ4v) is 3.40. The van der Waals surface area contributed by atoms with Crippen molar-refractivity contribution in [2.45, 2.75) is 44.3 Å². The minimum Gasteiger partial charge on any atom is -0.369 e. The predicted molar refractivity (Wildman–Crippen MR) is 51.6 cm³/mol. The van der Waals surface area contributed by atoms with Gasteiger partial charge in [-0.15, -0.1) is 0 Å². The Labute approximate surface area is 80.0 Å². The molecule has 74 valence electrons. The molecule has 13 heavy (non-hydrogen) atoms. The maximum Gasteiger partial charge on any atom is 0.0841 e. The van der Waals surface area contributed by atoms with Gasteiger partial charge in [-0.1, -0.05) is 6.42 Å². The van der Waals surface area contributed by atoms with E-state index in [-0.39, 0.29) is 5.60 Å². The Morgan fingerprint density at radius 2 is 2.38 bits per heavy atom. The smallest absolute Gasteiger partial charge is 0.0841 e. The standard InChI is InChI=1S/C11H19NO/c1-8-6-12-7-11(13-8)4-2-3-9-5-10(9)11/h8-10,12H,2-7H2,1H3. The Morgan fingerprint density at radius 1 is 1.46 bits per heavy atom. The Balaban J connectivity index is 1.78. The lowest BCUT2D eigenvalue weighted by Gasteiger charge is -2.43. The third-order valence-corrected chi connectivity index (χ3v) is 4.07. The lowest BCUT2D eigenvalue weighted by atomic mass is 9.83. The van der Waals surface area contributed by atoms with Crippen LogP contribution in [0.3, 0.4) is 0 Å². The molecule has 1 saturated heterocycles. The minimum atomic E-state index is 0.251. The van der Waals surface area contributed by atoms with E-state index in [4.69, 9.17) is 4.74 Å². The number of fused-ring (bicyclic) bond motifs is 2. The Kier molecular flexibility index (Phi) is 1.72. The third kappa shape index (κ3) is 1.23. The molecule has 0 radical (unpaired) electrons. The average Bonchev–Trinajstić information content (AvgIpc) is 2.84. The van der Waals surface area contributed by atoms with Crippen LogP contribution in [0.2, 0.25) is 0 Å². The van der Waals surface area contributed by atoms with Crippen LogP contribution in [0.25, 0.3) is 0 Å². The molecule has 1 aliphatic heterocycles. The van der Waals surface area contributed by atoms with Crippen LogP contribution in [0, 0.1) is 11.8 Å². The summed E-state index contributed by atoms with van der Waals surface area (Å²) in [6, 6.07) is 0. The summed E-state index contributed by atoms with van der Waals surface area (Å²) in [5.74, 6) is 1.91. The molecule has 1 N–H and O–H groups in total. The molecule has 0 aromatic carbocycles. The van der Waals surface area contributed by atoms with Gasteiger partial charge in [0.05, 0.1) is 11.7 Å². The van der Waals surface area contributed by atoms with Gasteiger partial charge in [-0.25, -0.2) is 0 Å². The van der Waals surface area contributed by atoms with E-state index in [0.29, 0.717) is 6.10 Å². The Morgan fingerprint density at radius 3 is 3.23 bits per heavy atom. The number of hydrogen-bond acceptors (Lipinski definition) is 2. The molecule has 2 nitrogen and oxygen atoms in total.